The van der Waals surface area contributed by atoms with Gasteiger partial charge in [0.1, 0.15) is 5.76 Å². The number of aromatic nitrogens is 4. The van der Waals surface area contributed by atoms with Gasteiger partial charge in [0, 0.05) is 19.3 Å². The van der Waals surface area contributed by atoms with Crippen LogP contribution in [0.2, 0.25) is 0 Å². The maximum absolute atomic E-state index is 12.4. The third-order valence-corrected chi connectivity index (χ3v) is 4.57. The minimum absolute atomic E-state index is 0.0967. The molecule has 0 spiro atoms. The number of nitrogens with zero attached hydrogens (tertiary/aromatic N) is 5. The number of pyridine rings is 1. The van der Waals surface area contributed by atoms with Gasteiger partial charge in [0.2, 0.25) is 0 Å². The Balaban J connectivity index is 1.31. The van der Waals surface area contributed by atoms with Gasteiger partial charge in [0.05, 0.1) is 18.4 Å². The van der Waals surface area contributed by atoms with Crippen LogP contribution in [0.5, 0.6) is 0 Å². The molecule has 3 aromatic rings. The average molecular weight is 340 g/mol. The number of fused-ring (bicyclic) bond motifs is 1. The Morgan fingerprint density at radius 3 is 3.20 bits per heavy atom. The number of carbonyl (C=O) groups is 1. The van der Waals surface area contributed by atoms with E-state index in [1.165, 1.54) is 4.52 Å². The lowest BCUT2D eigenvalue weighted by molar-refractivity contribution is 0.0927. The summed E-state index contributed by atoms with van der Waals surface area (Å²) in [6, 6.07) is 7.39. The van der Waals surface area contributed by atoms with E-state index in [-0.39, 0.29) is 5.91 Å². The first-order valence-electron chi connectivity index (χ1n) is 8.48. The van der Waals surface area contributed by atoms with E-state index in [1.807, 2.05) is 12.1 Å². The SMILES string of the molecule is O=C(NC[C@H]1CCCN(Cc2ccco2)C1)c1ccc2nnnn2c1. The van der Waals surface area contributed by atoms with Gasteiger partial charge in [-0.2, -0.15) is 4.52 Å². The zero-order valence-corrected chi connectivity index (χ0v) is 13.8. The molecule has 1 atom stereocenters. The van der Waals surface area contributed by atoms with Crippen LogP contribution in [-0.2, 0) is 6.54 Å². The molecule has 3 aromatic heterocycles. The number of hydrogen-bond acceptors (Lipinski definition) is 6. The van der Waals surface area contributed by atoms with E-state index < -0.39 is 0 Å². The van der Waals surface area contributed by atoms with Crippen molar-refractivity contribution in [3.63, 3.8) is 0 Å². The number of rotatable bonds is 5. The quantitative estimate of drug-likeness (QED) is 0.754. The van der Waals surface area contributed by atoms with Crippen molar-refractivity contribution < 1.29 is 9.21 Å². The third-order valence-electron chi connectivity index (χ3n) is 4.57. The smallest absolute Gasteiger partial charge is 0.252 e. The van der Waals surface area contributed by atoms with Crippen molar-refractivity contribution in [2.75, 3.05) is 19.6 Å². The fourth-order valence-electron chi connectivity index (χ4n) is 3.30. The van der Waals surface area contributed by atoms with E-state index in [4.69, 9.17) is 4.42 Å². The number of hydrogen-bond donors (Lipinski definition) is 1. The van der Waals surface area contributed by atoms with Crippen LogP contribution in [0.15, 0.2) is 41.1 Å². The minimum Gasteiger partial charge on any atom is -0.468 e. The molecule has 130 valence electrons. The van der Waals surface area contributed by atoms with E-state index in [1.54, 1.807) is 24.6 Å². The molecule has 25 heavy (non-hydrogen) atoms. The standard InChI is InChI=1S/C17H20N6O2/c24-17(14-5-6-16-19-20-21-23(16)11-14)18-9-13-3-1-7-22(10-13)12-15-4-2-8-25-15/h2,4-6,8,11,13H,1,3,7,9-10,12H2,(H,18,24)/t13-/m1/s1. The number of furan rings is 1. The molecule has 1 N–H and O–H groups in total. The summed E-state index contributed by atoms with van der Waals surface area (Å²) in [6.07, 6.45) is 5.62. The van der Waals surface area contributed by atoms with Gasteiger partial charge in [0.15, 0.2) is 5.65 Å². The zero-order valence-electron chi connectivity index (χ0n) is 13.8. The minimum atomic E-state index is -0.0967. The Morgan fingerprint density at radius 2 is 2.32 bits per heavy atom. The van der Waals surface area contributed by atoms with Gasteiger partial charge in [-0.1, -0.05) is 0 Å². The van der Waals surface area contributed by atoms with E-state index >= 15 is 0 Å². The number of piperidine rings is 1. The molecule has 0 aliphatic carbocycles. The monoisotopic (exact) mass is 340 g/mol. The summed E-state index contributed by atoms with van der Waals surface area (Å²) < 4.78 is 6.93. The Bertz CT molecular complexity index is 844. The number of likely N-dealkylation sites (tertiary alicyclic amines) is 1. The summed E-state index contributed by atoms with van der Waals surface area (Å²) in [7, 11) is 0. The fourth-order valence-corrected chi connectivity index (χ4v) is 3.30. The maximum atomic E-state index is 12.4. The second-order valence-electron chi connectivity index (χ2n) is 6.43. The van der Waals surface area contributed by atoms with Crippen LogP contribution in [-0.4, -0.2) is 50.5 Å². The van der Waals surface area contributed by atoms with Crippen molar-refractivity contribution in [2.45, 2.75) is 19.4 Å². The molecular weight excluding hydrogens is 320 g/mol. The van der Waals surface area contributed by atoms with Crippen LogP contribution in [0, 0.1) is 5.92 Å². The highest BCUT2D eigenvalue weighted by molar-refractivity contribution is 5.94. The second kappa shape index (κ2) is 7.02. The number of carbonyl (C=O) groups excluding carboxylic acids is 1. The molecular formula is C17H20N6O2. The first-order valence-corrected chi connectivity index (χ1v) is 8.48. The highest BCUT2D eigenvalue weighted by Crippen LogP contribution is 2.18. The van der Waals surface area contributed by atoms with Gasteiger partial charge in [-0.05, 0) is 60.0 Å². The van der Waals surface area contributed by atoms with Crippen LogP contribution >= 0.6 is 0 Å². The molecule has 1 aliphatic rings. The van der Waals surface area contributed by atoms with E-state index in [0.717, 1.165) is 38.2 Å². The molecule has 0 radical (unpaired) electrons. The zero-order chi connectivity index (χ0) is 17.1. The van der Waals surface area contributed by atoms with Crippen LogP contribution < -0.4 is 5.32 Å². The van der Waals surface area contributed by atoms with Crippen LogP contribution in [0.1, 0.15) is 29.0 Å². The average Bonchev–Trinajstić information content (AvgIpc) is 3.30. The summed E-state index contributed by atoms with van der Waals surface area (Å²) in [6.45, 7) is 3.53. The van der Waals surface area contributed by atoms with Crippen molar-refractivity contribution in [1.29, 1.82) is 0 Å². The van der Waals surface area contributed by atoms with Crippen LogP contribution in [0.4, 0.5) is 0 Å². The molecule has 8 nitrogen and oxygen atoms in total. The molecule has 4 rings (SSSR count). The van der Waals surface area contributed by atoms with E-state index in [0.29, 0.717) is 23.7 Å². The van der Waals surface area contributed by atoms with Crippen molar-refractivity contribution >= 4 is 11.6 Å². The molecule has 1 fully saturated rings. The Hall–Kier alpha value is -2.74. The largest absolute Gasteiger partial charge is 0.468 e. The number of nitrogens with one attached hydrogen (secondary N) is 1. The molecule has 0 saturated carbocycles. The van der Waals surface area contributed by atoms with E-state index in [9.17, 15) is 4.79 Å². The topological polar surface area (TPSA) is 88.6 Å². The van der Waals surface area contributed by atoms with Crippen LogP contribution in [0.3, 0.4) is 0 Å². The highest BCUT2D eigenvalue weighted by atomic mass is 16.3. The van der Waals surface area contributed by atoms with Gasteiger partial charge < -0.3 is 9.73 Å². The number of tetrazole rings is 1. The van der Waals surface area contributed by atoms with Crippen molar-refractivity contribution in [2.24, 2.45) is 5.92 Å². The summed E-state index contributed by atoms with van der Waals surface area (Å²) in [5.41, 5.74) is 1.18. The maximum Gasteiger partial charge on any atom is 0.252 e. The highest BCUT2D eigenvalue weighted by Gasteiger charge is 2.21. The van der Waals surface area contributed by atoms with Gasteiger partial charge in [-0.15, -0.1) is 5.10 Å². The molecule has 1 saturated heterocycles. The number of amides is 1. The van der Waals surface area contributed by atoms with Crippen molar-refractivity contribution in [3.05, 3.63) is 48.0 Å². The van der Waals surface area contributed by atoms with Crippen molar-refractivity contribution in [1.82, 2.24) is 30.3 Å². The molecule has 1 aliphatic heterocycles. The Kier molecular flexibility index (Phi) is 4.43. The van der Waals surface area contributed by atoms with Crippen LogP contribution in [0.25, 0.3) is 5.65 Å². The second-order valence-corrected chi connectivity index (χ2v) is 6.43. The first-order chi connectivity index (χ1) is 12.3. The Labute approximate surface area is 144 Å². The fraction of sp³-hybridized carbons (Fsp3) is 0.412. The van der Waals surface area contributed by atoms with Gasteiger partial charge >= 0.3 is 0 Å². The molecule has 1 amide bonds. The predicted octanol–water partition coefficient (Wildman–Crippen LogP) is 1.36. The lowest BCUT2D eigenvalue weighted by Crippen LogP contribution is -2.40. The summed E-state index contributed by atoms with van der Waals surface area (Å²) in [5.74, 6) is 1.34. The third kappa shape index (κ3) is 3.69. The lowest BCUT2D eigenvalue weighted by atomic mass is 9.98. The van der Waals surface area contributed by atoms with Gasteiger partial charge in [-0.3, -0.25) is 9.69 Å². The van der Waals surface area contributed by atoms with E-state index in [2.05, 4.69) is 25.7 Å². The van der Waals surface area contributed by atoms with Crippen molar-refractivity contribution in [3.8, 4) is 0 Å². The predicted molar refractivity (Wildman–Crippen MR) is 89.8 cm³/mol. The molecule has 4 heterocycles. The molecule has 8 heteroatoms. The summed E-state index contributed by atoms with van der Waals surface area (Å²) in [5, 5.41) is 14.3. The molecule has 0 unspecified atom stereocenters. The molecule has 0 aromatic carbocycles. The first kappa shape index (κ1) is 15.8. The Morgan fingerprint density at radius 1 is 1.36 bits per heavy atom. The normalized spacial score (nSPS) is 18.5. The van der Waals surface area contributed by atoms with Gasteiger partial charge in [-0.25, -0.2) is 0 Å². The summed E-state index contributed by atoms with van der Waals surface area (Å²) >= 11 is 0. The summed E-state index contributed by atoms with van der Waals surface area (Å²) in [4.78, 5) is 14.8. The van der Waals surface area contributed by atoms with Gasteiger partial charge in [0.25, 0.3) is 5.91 Å². The molecule has 0 bridgehead atoms. The lowest BCUT2D eigenvalue weighted by Gasteiger charge is -2.32.